The van der Waals surface area contributed by atoms with Crippen molar-refractivity contribution < 1.29 is 26.4 Å². The summed E-state index contributed by atoms with van der Waals surface area (Å²) in [7, 11) is -1.98. The molecular formula is C20H19ClF3N5O3S. The van der Waals surface area contributed by atoms with Crippen LogP contribution >= 0.6 is 11.6 Å². The summed E-state index contributed by atoms with van der Waals surface area (Å²) >= 11 is 5.89. The first-order chi connectivity index (χ1) is 15.4. The number of nitrogens with one attached hydrogen (secondary N) is 2. The fraction of sp³-hybridized carbons (Fsp3) is 0.250. The van der Waals surface area contributed by atoms with Crippen LogP contribution in [0.5, 0.6) is 0 Å². The first-order valence-electron chi connectivity index (χ1n) is 9.51. The van der Waals surface area contributed by atoms with Gasteiger partial charge >= 0.3 is 6.18 Å². The summed E-state index contributed by atoms with van der Waals surface area (Å²) < 4.78 is 66.3. The molecule has 0 aliphatic heterocycles. The van der Waals surface area contributed by atoms with Crippen molar-refractivity contribution in [2.45, 2.75) is 19.1 Å². The molecule has 176 valence electrons. The molecular weight excluding hydrogens is 483 g/mol. The highest BCUT2D eigenvalue weighted by Crippen LogP contribution is 2.27. The number of aromatic nitrogens is 3. The largest absolute Gasteiger partial charge is 0.433 e. The third-order valence-electron chi connectivity index (χ3n) is 4.61. The van der Waals surface area contributed by atoms with Gasteiger partial charge in [0, 0.05) is 37.5 Å². The van der Waals surface area contributed by atoms with Crippen LogP contribution in [0.25, 0.3) is 0 Å². The van der Waals surface area contributed by atoms with Crippen molar-refractivity contribution in [3.05, 3.63) is 76.6 Å². The second-order valence-corrected chi connectivity index (χ2v) is 9.27. The number of hydrogen-bond donors (Lipinski definition) is 2. The van der Waals surface area contributed by atoms with Gasteiger partial charge in [-0.05, 0) is 35.9 Å². The maximum atomic E-state index is 12.5. The smallest absolute Gasteiger partial charge is 0.348 e. The molecule has 0 radical (unpaired) electrons. The maximum Gasteiger partial charge on any atom is 0.433 e. The Balaban J connectivity index is 1.53. The molecule has 2 aromatic heterocycles. The zero-order valence-corrected chi connectivity index (χ0v) is 18.8. The van der Waals surface area contributed by atoms with E-state index in [1.807, 2.05) is 0 Å². The molecule has 13 heteroatoms. The van der Waals surface area contributed by atoms with E-state index in [1.165, 1.54) is 36.5 Å². The van der Waals surface area contributed by atoms with E-state index in [2.05, 4.69) is 20.0 Å². The quantitative estimate of drug-likeness (QED) is 0.492. The van der Waals surface area contributed by atoms with Crippen LogP contribution in [0.15, 0.2) is 48.8 Å². The number of carbonyl (C=O) groups is 1. The van der Waals surface area contributed by atoms with Crippen LogP contribution in [-0.4, -0.2) is 34.6 Å². The lowest BCUT2D eigenvalue weighted by Gasteiger charge is -2.10. The number of pyridine rings is 1. The van der Waals surface area contributed by atoms with E-state index in [4.69, 9.17) is 11.6 Å². The lowest BCUT2D eigenvalue weighted by Crippen LogP contribution is -2.23. The standard InChI is InChI=1S/C20H19ClF3N5O3S/c1-29-17(21)12-26-18(29)8-9-33(31,32)28-15-5-3-14(4-6-15)19(30)27-11-13-2-7-16(25-10-13)20(22,23)24/h2-7,10,12,28H,8-9,11H2,1H3,(H,27,30). The van der Waals surface area contributed by atoms with Gasteiger partial charge < -0.3 is 9.88 Å². The lowest BCUT2D eigenvalue weighted by atomic mass is 10.2. The SMILES string of the molecule is Cn1c(Cl)cnc1CCS(=O)(=O)Nc1ccc(C(=O)NCc2ccc(C(F)(F)F)nc2)cc1. The van der Waals surface area contributed by atoms with Crippen molar-refractivity contribution in [1.29, 1.82) is 0 Å². The van der Waals surface area contributed by atoms with Crippen LogP contribution in [0, 0.1) is 0 Å². The molecule has 0 saturated carbocycles. The highest BCUT2D eigenvalue weighted by molar-refractivity contribution is 7.92. The zero-order valence-electron chi connectivity index (χ0n) is 17.2. The number of halogens is 4. The minimum atomic E-state index is -4.53. The molecule has 0 aliphatic carbocycles. The molecule has 0 bridgehead atoms. The molecule has 2 N–H and O–H groups in total. The fourth-order valence-electron chi connectivity index (χ4n) is 2.78. The molecule has 2 heterocycles. The molecule has 33 heavy (non-hydrogen) atoms. The van der Waals surface area contributed by atoms with Crippen molar-refractivity contribution >= 4 is 33.2 Å². The topological polar surface area (TPSA) is 106 Å². The Morgan fingerprint density at radius 3 is 2.33 bits per heavy atom. The van der Waals surface area contributed by atoms with E-state index in [0.717, 1.165) is 12.3 Å². The van der Waals surface area contributed by atoms with Gasteiger partial charge in [0.05, 0.1) is 11.9 Å². The van der Waals surface area contributed by atoms with Crippen LogP contribution in [0.1, 0.15) is 27.4 Å². The van der Waals surface area contributed by atoms with E-state index in [9.17, 15) is 26.4 Å². The van der Waals surface area contributed by atoms with Crippen molar-refractivity contribution in [2.24, 2.45) is 7.05 Å². The number of nitrogens with zero attached hydrogens (tertiary/aromatic N) is 3. The molecule has 0 atom stereocenters. The Kier molecular flexibility index (Phi) is 7.28. The van der Waals surface area contributed by atoms with E-state index in [0.29, 0.717) is 16.5 Å². The van der Waals surface area contributed by atoms with Gasteiger partial charge in [-0.3, -0.25) is 14.5 Å². The highest BCUT2D eigenvalue weighted by Gasteiger charge is 2.32. The Hall–Kier alpha value is -3.12. The number of amides is 1. The molecule has 0 aliphatic rings. The average Bonchev–Trinajstić information content (AvgIpc) is 3.08. The lowest BCUT2D eigenvalue weighted by molar-refractivity contribution is -0.141. The van der Waals surface area contributed by atoms with Crippen LogP contribution < -0.4 is 10.0 Å². The molecule has 8 nitrogen and oxygen atoms in total. The van der Waals surface area contributed by atoms with Gasteiger partial charge in [0.1, 0.15) is 16.7 Å². The molecule has 0 unspecified atom stereocenters. The van der Waals surface area contributed by atoms with Crippen LogP contribution in [0.2, 0.25) is 5.15 Å². The third-order valence-corrected chi connectivity index (χ3v) is 6.25. The maximum absolute atomic E-state index is 12.5. The molecule has 0 saturated heterocycles. The van der Waals surface area contributed by atoms with Gasteiger partial charge in [-0.25, -0.2) is 13.4 Å². The predicted octanol–water partition coefficient (Wildman–Crippen LogP) is 3.40. The normalized spacial score (nSPS) is 11.9. The number of benzene rings is 1. The minimum Gasteiger partial charge on any atom is -0.348 e. The van der Waals surface area contributed by atoms with Crippen LogP contribution in [0.3, 0.4) is 0 Å². The number of rotatable bonds is 8. The molecule has 1 aromatic carbocycles. The molecule has 0 fully saturated rings. The number of aryl methyl sites for hydroxylation is 1. The summed E-state index contributed by atoms with van der Waals surface area (Å²) in [5.41, 5.74) is -0.0918. The number of sulfonamides is 1. The van der Waals surface area contributed by atoms with E-state index in [-0.39, 0.29) is 30.0 Å². The van der Waals surface area contributed by atoms with E-state index >= 15 is 0 Å². The summed E-state index contributed by atoms with van der Waals surface area (Å²) in [6.45, 7) is -0.0183. The van der Waals surface area contributed by atoms with Crippen molar-refractivity contribution in [1.82, 2.24) is 19.9 Å². The second-order valence-electron chi connectivity index (χ2n) is 7.04. The van der Waals surface area contributed by atoms with Crippen LogP contribution in [-0.2, 0) is 36.2 Å². The van der Waals surface area contributed by atoms with Gasteiger partial charge in [-0.1, -0.05) is 17.7 Å². The first-order valence-corrected chi connectivity index (χ1v) is 11.5. The summed E-state index contributed by atoms with van der Waals surface area (Å²) in [5.74, 6) is -0.158. The number of imidazole rings is 1. The Bertz CT molecular complexity index is 1230. The van der Waals surface area contributed by atoms with Crippen molar-refractivity contribution in [3.8, 4) is 0 Å². The van der Waals surface area contributed by atoms with Crippen molar-refractivity contribution in [2.75, 3.05) is 10.5 Å². The predicted molar refractivity (Wildman–Crippen MR) is 116 cm³/mol. The van der Waals surface area contributed by atoms with E-state index in [1.54, 1.807) is 11.6 Å². The molecule has 1 amide bonds. The Morgan fingerprint density at radius 2 is 1.79 bits per heavy atom. The molecule has 3 rings (SSSR count). The van der Waals surface area contributed by atoms with Crippen LogP contribution in [0.4, 0.5) is 18.9 Å². The summed E-state index contributed by atoms with van der Waals surface area (Å²) in [4.78, 5) is 19.6. The Labute approximate surface area is 192 Å². The van der Waals surface area contributed by atoms with Gasteiger partial charge in [0.2, 0.25) is 10.0 Å². The number of alkyl halides is 3. The molecule has 3 aromatic rings. The zero-order chi connectivity index (χ0) is 24.2. The van der Waals surface area contributed by atoms with E-state index < -0.39 is 27.8 Å². The first kappa shape index (κ1) is 24.5. The minimum absolute atomic E-state index is 0.0183. The summed E-state index contributed by atoms with van der Waals surface area (Å²) in [6.07, 6.45) is -1.89. The Morgan fingerprint density at radius 1 is 1.09 bits per heavy atom. The van der Waals surface area contributed by atoms with Gasteiger partial charge in [0.25, 0.3) is 5.91 Å². The fourth-order valence-corrected chi connectivity index (χ4v) is 3.98. The summed E-state index contributed by atoms with van der Waals surface area (Å²) in [6, 6.07) is 7.79. The molecule has 0 spiro atoms. The van der Waals surface area contributed by atoms with Gasteiger partial charge in [-0.2, -0.15) is 13.2 Å². The average molecular weight is 502 g/mol. The highest BCUT2D eigenvalue weighted by atomic mass is 35.5. The monoisotopic (exact) mass is 501 g/mol. The van der Waals surface area contributed by atoms with Gasteiger partial charge in [-0.15, -0.1) is 0 Å². The third kappa shape index (κ3) is 6.68. The van der Waals surface area contributed by atoms with Crippen molar-refractivity contribution in [3.63, 3.8) is 0 Å². The number of anilines is 1. The van der Waals surface area contributed by atoms with Gasteiger partial charge in [0.15, 0.2) is 0 Å². The number of carbonyl (C=O) groups excluding carboxylic acids is 1. The second kappa shape index (κ2) is 9.79. The number of hydrogen-bond acceptors (Lipinski definition) is 5. The summed E-state index contributed by atoms with van der Waals surface area (Å²) in [5, 5.41) is 2.97.